The monoisotopic (exact) mass is 259 g/mol. The van der Waals surface area contributed by atoms with Crippen LogP contribution in [0.2, 0.25) is 0 Å². The van der Waals surface area contributed by atoms with Crippen molar-refractivity contribution in [1.29, 1.82) is 0 Å². The first-order valence-electron chi connectivity index (χ1n) is 6.12. The topological polar surface area (TPSA) is 96.7 Å². The zero-order valence-corrected chi connectivity index (χ0v) is 10.7. The number of amides is 1. The first-order valence-corrected chi connectivity index (χ1v) is 6.12. The van der Waals surface area contributed by atoms with Gasteiger partial charge in [-0.3, -0.25) is 9.89 Å². The summed E-state index contributed by atoms with van der Waals surface area (Å²) >= 11 is 0. The zero-order valence-electron chi connectivity index (χ0n) is 10.7. The fourth-order valence-electron chi connectivity index (χ4n) is 1.77. The van der Waals surface area contributed by atoms with E-state index in [0.717, 1.165) is 5.56 Å². The molecule has 2 atom stereocenters. The van der Waals surface area contributed by atoms with E-state index in [1.54, 1.807) is 0 Å². The van der Waals surface area contributed by atoms with Gasteiger partial charge in [-0.2, -0.15) is 5.10 Å². The van der Waals surface area contributed by atoms with E-state index in [0.29, 0.717) is 12.2 Å². The highest BCUT2D eigenvalue weighted by atomic mass is 16.2. The van der Waals surface area contributed by atoms with Crippen LogP contribution < -0.4 is 11.1 Å². The number of rotatable bonds is 5. The number of aromatic nitrogens is 3. The molecule has 0 saturated heterocycles. The Morgan fingerprint density at radius 3 is 2.79 bits per heavy atom. The van der Waals surface area contributed by atoms with Crippen LogP contribution in [-0.4, -0.2) is 27.1 Å². The molecule has 100 valence electrons. The summed E-state index contributed by atoms with van der Waals surface area (Å²) in [4.78, 5) is 15.9. The normalized spacial score (nSPS) is 13.8. The molecule has 1 aromatic carbocycles. The second kappa shape index (κ2) is 6.10. The van der Waals surface area contributed by atoms with E-state index in [2.05, 4.69) is 20.5 Å². The molecule has 1 unspecified atom stereocenters. The SMILES string of the molecule is CC(NC(=O)[C@H](N)Cc1ccccc1)c1ncn[nH]1. The van der Waals surface area contributed by atoms with Gasteiger partial charge in [-0.25, -0.2) is 4.98 Å². The molecule has 0 saturated carbocycles. The van der Waals surface area contributed by atoms with Gasteiger partial charge in [-0.1, -0.05) is 30.3 Å². The molecule has 6 heteroatoms. The summed E-state index contributed by atoms with van der Waals surface area (Å²) in [7, 11) is 0. The van der Waals surface area contributed by atoms with Gasteiger partial charge in [0, 0.05) is 0 Å². The van der Waals surface area contributed by atoms with Crippen molar-refractivity contribution < 1.29 is 4.79 Å². The highest BCUT2D eigenvalue weighted by Crippen LogP contribution is 2.06. The zero-order chi connectivity index (χ0) is 13.7. The first kappa shape index (κ1) is 13.2. The van der Waals surface area contributed by atoms with Crippen LogP contribution in [-0.2, 0) is 11.2 Å². The second-order valence-electron chi connectivity index (χ2n) is 4.40. The maximum absolute atomic E-state index is 12.0. The molecule has 0 aliphatic heterocycles. The average molecular weight is 259 g/mol. The summed E-state index contributed by atoms with van der Waals surface area (Å²) in [5.41, 5.74) is 6.93. The van der Waals surface area contributed by atoms with Gasteiger partial charge in [0.15, 0.2) is 0 Å². The Balaban J connectivity index is 1.89. The Labute approximate surface area is 111 Å². The number of hydrogen-bond acceptors (Lipinski definition) is 4. The van der Waals surface area contributed by atoms with Crippen LogP contribution in [0.5, 0.6) is 0 Å². The van der Waals surface area contributed by atoms with Crippen molar-refractivity contribution in [3.8, 4) is 0 Å². The molecule has 1 aromatic heterocycles. The van der Waals surface area contributed by atoms with Crippen LogP contribution in [0.3, 0.4) is 0 Å². The van der Waals surface area contributed by atoms with Crippen molar-refractivity contribution in [3.63, 3.8) is 0 Å². The van der Waals surface area contributed by atoms with E-state index in [9.17, 15) is 4.79 Å². The number of nitrogens with zero attached hydrogens (tertiary/aromatic N) is 2. The predicted molar refractivity (Wildman–Crippen MR) is 71.1 cm³/mol. The molecule has 0 aliphatic rings. The second-order valence-corrected chi connectivity index (χ2v) is 4.40. The summed E-state index contributed by atoms with van der Waals surface area (Å²) in [5.74, 6) is 0.410. The third-order valence-corrected chi connectivity index (χ3v) is 2.84. The van der Waals surface area contributed by atoms with Gasteiger partial charge in [-0.05, 0) is 18.9 Å². The van der Waals surface area contributed by atoms with Gasteiger partial charge in [-0.15, -0.1) is 0 Å². The fourth-order valence-corrected chi connectivity index (χ4v) is 1.77. The maximum atomic E-state index is 12.0. The standard InChI is InChI=1S/C13H17N5O/c1-9(12-15-8-16-18-12)17-13(19)11(14)7-10-5-3-2-4-6-10/h2-6,8-9,11H,7,14H2,1H3,(H,17,19)(H,15,16,18)/t9?,11-/m1/s1. The number of benzene rings is 1. The average Bonchev–Trinajstić information content (AvgIpc) is 2.93. The Bertz CT molecular complexity index is 511. The number of carbonyl (C=O) groups excluding carboxylic acids is 1. The molecule has 4 N–H and O–H groups in total. The lowest BCUT2D eigenvalue weighted by Gasteiger charge is -2.15. The van der Waals surface area contributed by atoms with Crippen LogP contribution in [0.1, 0.15) is 24.4 Å². The van der Waals surface area contributed by atoms with Crippen LogP contribution in [0.15, 0.2) is 36.7 Å². The molecule has 2 rings (SSSR count). The molecule has 2 aromatic rings. The molecule has 19 heavy (non-hydrogen) atoms. The number of carbonyl (C=O) groups is 1. The van der Waals surface area contributed by atoms with Crippen molar-refractivity contribution in [1.82, 2.24) is 20.5 Å². The molecular formula is C13H17N5O. The van der Waals surface area contributed by atoms with Crippen molar-refractivity contribution >= 4 is 5.91 Å². The van der Waals surface area contributed by atoms with E-state index in [1.807, 2.05) is 37.3 Å². The molecule has 0 bridgehead atoms. The molecule has 0 aliphatic carbocycles. The quantitative estimate of drug-likeness (QED) is 0.730. The lowest BCUT2D eigenvalue weighted by atomic mass is 10.1. The van der Waals surface area contributed by atoms with Gasteiger partial charge in [0.05, 0.1) is 12.1 Å². The third-order valence-electron chi connectivity index (χ3n) is 2.84. The number of hydrogen-bond donors (Lipinski definition) is 3. The van der Waals surface area contributed by atoms with E-state index in [-0.39, 0.29) is 11.9 Å². The Morgan fingerprint density at radius 1 is 1.42 bits per heavy atom. The molecule has 0 fully saturated rings. The summed E-state index contributed by atoms with van der Waals surface area (Å²) < 4.78 is 0. The Kier molecular flexibility index (Phi) is 4.25. The van der Waals surface area contributed by atoms with Crippen LogP contribution in [0, 0.1) is 0 Å². The van der Waals surface area contributed by atoms with Crippen LogP contribution in [0.4, 0.5) is 0 Å². The minimum Gasteiger partial charge on any atom is -0.345 e. The lowest BCUT2D eigenvalue weighted by Crippen LogP contribution is -2.43. The Morgan fingerprint density at radius 2 is 2.16 bits per heavy atom. The summed E-state index contributed by atoms with van der Waals surface area (Å²) in [6.07, 6.45) is 1.91. The number of nitrogens with two attached hydrogens (primary N) is 1. The molecule has 1 amide bonds. The van der Waals surface area contributed by atoms with E-state index < -0.39 is 6.04 Å². The van der Waals surface area contributed by atoms with Crippen LogP contribution >= 0.6 is 0 Å². The molecule has 1 heterocycles. The fraction of sp³-hybridized carbons (Fsp3) is 0.308. The third kappa shape index (κ3) is 3.62. The summed E-state index contributed by atoms with van der Waals surface area (Å²) in [6.45, 7) is 1.83. The van der Waals surface area contributed by atoms with Gasteiger partial charge >= 0.3 is 0 Å². The summed E-state index contributed by atoms with van der Waals surface area (Å²) in [6, 6.07) is 8.87. The number of H-pyrrole nitrogens is 1. The van der Waals surface area contributed by atoms with E-state index >= 15 is 0 Å². The highest BCUT2D eigenvalue weighted by Gasteiger charge is 2.18. The maximum Gasteiger partial charge on any atom is 0.237 e. The molecule has 0 radical (unpaired) electrons. The minimum atomic E-state index is -0.576. The van der Waals surface area contributed by atoms with Gasteiger partial charge in [0.1, 0.15) is 12.2 Å². The van der Waals surface area contributed by atoms with Crippen molar-refractivity contribution in [2.24, 2.45) is 5.73 Å². The Hall–Kier alpha value is -2.21. The predicted octanol–water partition coefficient (Wildman–Crippen LogP) is 0.552. The van der Waals surface area contributed by atoms with Gasteiger partial charge in [0.25, 0.3) is 0 Å². The van der Waals surface area contributed by atoms with Gasteiger partial charge in [0.2, 0.25) is 5.91 Å². The van der Waals surface area contributed by atoms with Crippen molar-refractivity contribution in [2.75, 3.05) is 0 Å². The summed E-state index contributed by atoms with van der Waals surface area (Å²) in [5, 5.41) is 9.26. The van der Waals surface area contributed by atoms with Crippen molar-refractivity contribution in [3.05, 3.63) is 48.0 Å². The molecule has 0 spiro atoms. The van der Waals surface area contributed by atoms with E-state index in [1.165, 1.54) is 6.33 Å². The molecular weight excluding hydrogens is 242 g/mol. The van der Waals surface area contributed by atoms with Crippen LogP contribution in [0.25, 0.3) is 0 Å². The van der Waals surface area contributed by atoms with Crippen molar-refractivity contribution in [2.45, 2.75) is 25.4 Å². The smallest absolute Gasteiger partial charge is 0.237 e. The lowest BCUT2D eigenvalue weighted by molar-refractivity contribution is -0.123. The number of nitrogens with one attached hydrogen (secondary N) is 2. The number of aromatic amines is 1. The first-order chi connectivity index (χ1) is 9.16. The van der Waals surface area contributed by atoms with Gasteiger partial charge < -0.3 is 11.1 Å². The van der Waals surface area contributed by atoms with E-state index in [4.69, 9.17) is 5.73 Å². The highest BCUT2D eigenvalue weighted by molar-refractivity contribution is 5.82. The largest absolute Gasteiger partial charge is 0.345 e. The minimum absolute atomic E-state index is 0.201. The molecule has 6 nitrogen and oxygen atoms in total.